The van der Waals surface area contributed by atoms with Crippen molar-refractivity contribution in [1.82, 2.24) is 14.1 Å². The van der Waals surface area contributed by atoms with Crippen molar-refractivity contribution >= 4 is 21.9 Å². The molecule has 0 saturated carbocycles. The monoisotopic (exact) mass is 506 g/mol. The first kappa shape index (κ1) is 24.8. The van der Waals surface area contributed by atoms with Crippen molar-refractivity contribution in [3.05, 3.63) is 115 Å². The Morgan fingerprint density at radius 1 is 0.703 bits per heavy atom. The number of hydrogen-bond acceptors (Lipinski definition) is 2. The highest BCUT2D eigenvalue weighted by molar-refractivity contribution is 6.04. The van der Waals surface area contributed by atoms with E-state index in [4.69, 9.17) is 0 Å². The number of hydrogen-bond donors (Lipinski definition) is 1. The van der Waals surface area contributed by atoms with E-state index in [9.17, 15) is 5.11 Å². The summed E-state index contributed by atoms with van der Waals surface area (Å²) < 4.78 is 4.42. The summed E-state index contributed by atoms with van der Waals surface area (Å²) in [5, 5.41) is 12.7. The van der Waals surface area contributed by atoms with E-state index in [-0.39, 0.29) is 12.4 Å². The summed E-state index contributed by atoms with van der Waals surface area (Å²) in [4.78, 5) is 4.69. The van der Waals surface area contributed by atoms with Gasteiger partial charge in [0.2, 0.25) is 0 Å². The molecule has 0 saturated heterocycles. The van der Waals surface area contributed by atoms with Crippen LogP contribution in [0.2, 0.25) is 0 Å². The topological polar surface area (TPSA) is 43.0 Å². The summed E-state index contributed by atoms with van der Waals surface area (Å²) in [5.41, 5.74) is 9.02. The smallest absolute Gasteiger partial charge is 0.106 e. The SMILES string of the molecule is Cc1ccc2c(c1)c(-c1ccccc1)c(-c1ccccc1)n2CC(O)Cn1c(C)nc2ccccc21.[Cl-]. The van der Waals surface area contributed by atoms with E-state index in [2.05, 4.69) is 99.9 Å². The zero-order valence-corrected chi connectivity index (χ0v) is 21.7. The van der Waals surface area contributed by atoms with Gasteiger partial charge in [-0.05, 0) is 49.2 Å². The highest BCUT2D eigenvalue weighted by atomic mass is 35.5. The predicted octanol–water partition coefficient (Wildman–Crippen LogP) is 4.01. The number of halogens is 1. The highest BCUT2D eigenvalue weighted by Gasteiger charge is 2.22. The highest BCUT2D eigenvalue weighted by Crippen LogP contribution is 2.41. The van der Waals surface area contributed by atoms with Gasteiger partial charge in [-0.2, -0.15) is 0 Å². The maximum atomic E-state index is 11.5. The van der Waals surface area contributed by atoms with E-state index in [1.54, 1.807) is 0 Å². The summed E-state index contributed by atoms with van der Waals surface area (Å²) in [6, 6.07) is 35.8. The first-order chi connectivity index (χ1) is 17.6. The fourth-order valence-electron chi connectivity index (χ4n) is 5.36. The van der Waals surface area contributed by atoms with E-state index in [0.717, 1.165) is 33.6 Å². The maximum absolute atomic E-state index is 11.5. The van der Waals surface area contributed by atoms with E-state index in [1.807, 2.05) is 31.2 Å². The Bertz CT molecular complexity index is 1670. The zero-order valence-electron chi connectivity index (χ0n) is 21.0. The molecule has 6 rings (SSSR count). The Kier molecular flexibility index (Phi) is 6.88. The molecule has 1 unspecified atom stereocenters. The molecule has 4 nitrogen and oxygen atoms in total. The third-order valence-electron chi connectivity index (χ3n) is 6.96. The minimum atomic E-state index is -0.593. The molecule has 1 atom stereocenters. The van der Waals surface area contributed by atoms with Gasteiger partial charge in [-0.1, -0.05) is 84.4 Å². The van der Waals surface area contributed by atoms with Gasteiger partial charge >= 0.3 is 0 Å². The summed E-state index contributed by atoms with van der Waals surface area (Å²) in [7, 11) is 0. The third-order valence-corrected chi connectivity index (χ3v) is 6.96. The van der Waals surface area contributed by atoms with Gasteiger partial charge in [-0.15, -0.1) is 0 Å². The van der Waals surface area contributed by atoms with Crippen LogP contribution in [0.1, 0.15) is 11.4 Å². The van der Waals surface area contributed by atoms with E-state index >= 15 is 0 Å². The fourth-order valence-corrected chi connectivity index (χ4v) is 5.36. The minimum absolute atomic E-state index is 0. The lowest BCUT2D eigenvalue weighted by Gasteiger charge is -2.18. The standard InChI is InChI=1S/C32H29N3O.ClH/c1-22-17-18-29-27(19-22)31(24-11-5-3-6-12-24)32(25-13-7-4-8-14-25)35(29)21-26(36)20-34-23(2)33-28-15-9-10-16-30(28)34;/h3-19,26,36H,20-21H2,1-2H3;1H/p-1. The number of aromatic nitrogens is 3. The molecule has 0 aliphatic rings. The largest absolute Gasteiger partial charge is 1.00 e. The lowest BCUT2D eigenvalue weighted by atomic mass is 9.98. The number of aryl methyl sites for hydroxylation is 2. The van der Waals surface area contributed by atoms with Crippen LogP contribution in [0.15, 0.2) is 103 Å². The molecule has 0 radical (unpaired) electrons. The average molecular weight is 507 g/mol. The van der Waals surface area contributed by atoms with E-state index in [1.165, 1.54) is 22.1 Å². The Labute approximate surface area is 223 Å². The molecule has 0 aliphatic heterocycles. The Balaban J connectivity index is 0.00000280. The van der Waals surface area contributed by atoms with Crippen LogP contribution in [0.3, 0.4) is 0 Å². The maximum Gasteiger partial charge on any atom is 0.106 e. The van der Waals surface area contributed by atoms with Crippen LogP contribution in [-0.4, -0.2) is 25.3 Å². The second-order valence-electron chi connectivity index (χ2n) is 9.50. The van der Waals surface area contributed by atoms with Gasteiger partial charge in [0.25, 0.3) is 0 Å². The van der Waals surface area contributed by atoms with Gasteiger partial charge in [0.15, 0.2) is 0 Å². The van der Waals surface area contributed by atoms with Gasteiger partial charge < -0.3 is 26.6 Å². The Morgan fingerprint density at radius 2 is 1.32 bits per heavy atom. The molecular weight excluding hydrogens is 478 g/mol. The number of fused-ring (bicyclic) bond motifs is 2. The van der Waals surface area contributed by atoms with Crippen molar-refractivity contribution in [2.24, 2.45) is 0 Å². The lowest BCUT2D eigenvalue weighted by Crippen LogP contribution is -3.00. The minimum Gasteiger partial charge on any atom is -1.00 e. The molecule has 1 N–H and O–H groups in total. The average Bonchev–Trinajstić information content (AvgIpc) is 3.38. The molecule has 2 heterocycles. The van der Waals surface area contributed by atoms with Gasteiger partial charge in [0.1, 0.15) is 5.82 Å². The third kappa shape index (κ3) is 4.55. The predicted molar refractivity (Wildman–Crippen MR) is 148 cm³/mol. The van der Waals surface area contributed by atoms with Gasteiger partial charge in [0.05, 0.1) is 35.9 Å². The van der Waals surface area contributed by atoms with Crippen molar-refractivity contribution in [2.45, 2.75) is 33.0 Å². The molecule has 0 aliphatic carbocycles. The quantitative estimate of drug-likeness (QED) is 0.371. The number of aliphatic hydroxyl groups is 1. The second-order valence-corrected chi connectivity index (χ2v) is 9.50. The molecule has 6 aromatic rings. The summed E-state index contributed by atoms with van der Waals surface area (Å²) in [6.07, 6.45) is -0.593. The van der Waals surface area contributed by atoms with Crippen LogP contribution in [0.5, 0.6) is 0 Å². The molecule has 186 valence electrons. The molecule has 5 heteroatoms. The molecule has 37 heavy (non-hydrogen) atoms. The second kappa shape index (κ2) is 10.3. The van der Waals surface area contributed by atoms with Crippen molar-refractivity contribution in [2.75, 3.05) is 0 Å². The van der Waals surface area contributed by atoms with Crippen LogP contribution in [0.4, 0.5) is 0 Å². The van der Waals surface area contributed by atoms with Crippen molar-refractivity contribution < 1.29 is 17.5 Å². The van der Waals surface area contributed by atoms with Crippen LogP contribution in [-0.2, 0) is 13.1 Å². The van der Waals surface area contributed by atoms with Gasteiger partial charge in [-0.25, -0.2) is 4.98 Å². The Morgan fingerprint density at radius 3 is 2.05 bits per heavy atom. The summed E-state index contributed by atoms with van der Waals surface area (Å²) in [6.45, 7) is 5.09. The van der Waals surface area contributed by atoms with E-state index < -0.39 is 6.10 Å². The fraction of sp³-hybridized carbons (Fsp3) is 0.156. The van der Waals surface area contributed by atoms with Crippen LogP contribution in [0, 0.1) is 13.8 Å². The number of nitrogens with zero attached hydrogens (tertiary/aromatic N) is 3. The number of benzene rings is 4. The molecule has 4 aromatic carbocycles. The lowest BCUT2D eigenvalue weighted by molar-refractivity contribution is -0.00000952. The summed E-state index contributed by atoms with van der Waals surface area (Å²) in [5.74, 6) is 0.913. The molecule has 2 aromatic heterocycles. The van der Waals surface area contributed by atoms with Crippen LogP contribution >= 0.6 is 0 Å². The van der Waals surface area contributed by atoms with Crippen LogP contribution in [0.25, 0.3) is 44.3 Å². The number of aliphatic hydroxyl groups excluding tert-OH is 1. The first-order valence-electron chi connectivity index (χ1n) is 12.4. The Hall–Kier alpha value is -3.86. The van der Waals surface area contributed by atoms with Crippen molar-refractivity contribution in [3.8, 4) is 22.4 Å². The number of rotatable bonds is 6. The van der Waals surface area contributed by atoms with Crippen LogP contribution < -0.4 is 12.4 Å². The summed E-state index contributed by atoms with van der Waals surface area (Å²) >= 11 is 0. The van der Waals surface area contributed by atoms with Gasteiger partial charge in [0, 0.05) is 16.5 Å². The van der Waals surface area contributed by atoms with Gasteiger partial charge in [-0.3, -0.25) is 0 Å². The molecule has 0 fully saturated rings. The normalized spacial score (nSPS) is 12.1. The first-order valence-corrected chi connectivity index (χ1v) is 12.4. The molecule has 0 bridgehead atoms. The van der Waals surface area contributed by atoms with Crippen molar-refractivity contribution in [3.63, 3.8) is 0 Å². The number of para-hydroxylation sites is 2. The molecule has 0 amide bonds. The molecule has 0 spiro atoms. The zero-order chi connectivity index (χ0) is 24.6. The number of imidazole rings is 1. The van der Waals surface area contributed by atoms with E-state index in [0.29, 0.717) is 13.1 Å². The molecular formula is C32H29ClN3O-. The van der Waals surface area contributed by atoms with Crippen molar-refractivity contribution in [1.29, 1.82) is 0 Å².